The summed E-state index contributed by atoms with van der Waals surface area (Å²) in [5.74, 6) is -2.49. The molecule has 0 aliphatic carbocycles. The van der Waals surface area contributed by atoms with Crippen LogP contribution in [0, 0.1) is 5.92 Å². The first-order valence-corrected chi connectivity index (χ1v) is 7.25. The SMILES string of the molecule is CCCOc1ccc(C(C)(O)C(C(=O)OCC)C(F)F)cc1. The van der Waals surface area contributed by atoms with Gasteiger partial charge < -0.3 is 14.6 Å². The lowest BCUT2D eigenvalue weighted by atomic mass is 9.83. The largest absolute Gasteiger partial charge is 0.494 e. The van der Waals surface area contributed by atoms with Crippen LogP contribution in [-0.2, 0) is 15.1 Å². The first-order valence-electron chi connectivity index (χ1n) is 7.25. The lowest BCUT2D eigenvalue weighted by molar-refractivity contribution is -0.169. The maximum atomic E-state index is 13.2. The van der Waals surface area contributed by atoms with Gasteiger partial charge in [0.2, 0.25) is 0 Å². The Morgan fingerprint density at radius 3 is 2.32 bits per heavy atom. The summed E-state index contributed by atoms with van der Waals surface area (Å²) >= 11 is 0. The summed E-state index contributed by atoms with van der Waals surface area (Å²) in [6.07, 6.45) is -2.19. The number of esters is 1. The number of aliphatic hydroxyl groups is 1. The Balaban J connectivity index is 3.01. The highest BCUT2D eigenvalue weighted by Crippen LogP contribution is 2.35. The number of halogens is 2. The third kappa shape index (κ3) is 4.40. The quantitative estimate of drug-likeness (QED) is 0.749. The minimum absolute atomic E-state index is 0.0259. The van der Waals surface area contributed by atoms with E-state index in [1.54, 1.807) is 12.1 Å². The van der Waals surface area contributed by atoms with Crippen molar-refractivity contribution in [2.75, 3.05) is 13.2 Å². The van der Waals surface area contributed by atoms with Gasteiger partial charge in [-0.2, -0.15) is 0 Å². The van der Waals surface area contributed by atoms with Crippen molar-refractivity contribution in [1.29, 1.82) is 0 Å². The summed E-state index contributed by atoms with van der Waals surface area (Å²) in [6, 6.07) is 6.10. The molecule has 22 heavy (non-hydrogen) atoms. The summed E-state index contributed by atoms with van der Waals surface area (Å²) in [5, 5.41) is 10.5. The molecule has 0 aliphatic rings. The first-order chi connectivity index (χ1) is 10.3. The second-order valence-corrected chi connectivity index (χ2v) is 5.08. The molecule has 0 spiro atoms. The van der Waals surface area contributed by atoms with E-state index in [4.69, 9.17) is 4.74 Å². The van der Waals surface area contributed by atoms with Crippen LogP contribution < -0.4 is 4.74 Å². The molecule has 1 rings (SSSR count). The van der Waals surface area contributed by atoms with E-state index in [1.165, 1.54) is 26.0 Å². The highest BCUT2D eigenvalue weighted by Gasteiger charge is 2.46. The zero-order chi connectivity index (χ0) is 16.8. The van der Waals surface area contributed by atoms with Crippen LogP contribution in [0.15, 0.2) is 24.3 Å². The highest BCUT2D eigenvalue weighted by atomic mass is 19.3. The van der Waals surface area contributed by atoms with Gasteiger partial charge in [0, 0.05) is 0 Å². The molecule has 2 unspecified atom stereocenters. The fourth-order valence-electron chi connectivity index (χ4n) is 2.10. The minimum atomic E-state index is -3.04. The zero-order valence-corrected chi connectivity index (χ0v) is 13.0. The molecular formula is C16H22F2O4. The van der Waals surface area contributed by atoms with Crippen molar-refractivity contribution < 1.29 is 28.2 Å². The molecule has 0 bridgehead atoms. The number of carbonyl (C=O) groups is 1. The molecule has 0 fully saturated rings. The summed E-state index contributed by atoms with van der Waals surface area (Å²) in [4.78, 5) is 11.7. The molecule has 1 N–H and O–H groups in total. The van der Waals surface area contributed by atoms with E-state index >= 15 is 0 Å². The standard InChI is InChI=1S/C16H22F2O4/c1-4-10-22-12-8-6-11(7-9-12)16(3,20)13(14(17)18)15(19)21-5-2/h6-9,13-14,20H,4-5,10H2,1-3H3. The van der Waals surface area contributed by atoms with Crippen molar-refractivity contribution in [2.24, 2.45) is 5.92 Å². The third-order valence-corrected chi connectivity index (χ3v) is 3.31. The second-order valence-electron chi connectivity index (χ2n) is 5.08. The summed E-state index contributed by atoms with van der Waals surface area (Å²) < 4.78 is 36.5. The monoisotopic (exact) mass is 316 g/mol. The molecule has 124 valence electrons. The van der Waals surface area contributed by atoms with Crippen molar-refractivity contribution in [2.45, 2.75) is 39.2 Å². The maximum absolute atomic E-state index is 13.2. The highest BCUT2D eigenvalue weighted by molar-refractivity contribution is 5.74. The van der Waals surface area contributed by atoms with Gasteiger partial charge >= 0.3 is 5.97 Å². The average Bonchev–Trinajstić information content (AvgIpc) is 2.45. The van der Waals surface area contributed by atoms with Gasteiger partial charge in [-0.3, -0.25) is 4.79 Å². The Kier molecular flexibility index (Phi) is 6.74. The van der Waals surface area contributed by atoms with Gasteiger partial charge in [-0.25, -0.2) is 8.78 Å². The first kappa shape index (κ1) is 18.4. The number of ether oxygens (including phenoxy) is 2. The van der Waals surface area contributed by atoms with Crippen LogP contribution in [0.3, 0.4) is 0 Å². The summed E-state index contributed by atoms with van der Waals surface area (Å²) in [7, 11) is 0. The van der Waals surface area contributed by atoms with Crippen LogP contribution >= 0.6 is 0 Å². The van der Waals surface area contributed by atoms with Gasteiger partial charge in [0.1, 0.15) is 17.3 Å². The molecule has 0 heterocycles. The molecule has 0 aromatic heterocycles. The molecule has 2 atom stereocenters. The fraction of sp³-hybridized carbons (Fsp3) is 0.562. The molecule has 0 aliphatic heterocycles. The van der Waals surface area contributed by atoms with Gasteiger partial charge in [-0.15, -0.1) is 0 Å². The summed E-state index contributed by atoms with van der Waals surface area (Å²) in [6.45, 7) is 5.18. The number of benzene rings is 1. The third-order valence-electron chi connectivity index (χ3n) is 3.31. The van der Waals surface area contributed by atoms with Crippen LogP contribution in [0.25, 0.3) is 0 Å². The number of hydrogen-bond acceptors (Lipinski definition) is 4. The van der Waals surface area contributed by atoms with Crippen LogP contribution in [0.1, 0.15) is 32.8 Å². The van der Waals surface area contributed by atoms with Gasteiger partial charge in [-0.1, -0.05) is 19.1 Å². The van der Waals surface area contributed by atoms with Gasteiger partial charge in [-0.05, 0) is 38.0 Å². The van der Waals surface area contributed by atoms with Gasteiger partial charge in [0.15, 0.2) is 0 Å². The average molecular weight is 316 g/mol. The Morgan fingerprint density at radius 2 is 1.86 bits per heavy atom. The lowest BCUT2D eigenvalue weighted by Crippen LogP contribution is -2.42. The van der Waals surface area contributed by atoms with Crippen molar-refractivity contribution >= 4 is 5.97 Å². The van der Waals surface area contributed by atoms with E-state index in [-0.39, 0.29) is 12.2 Å². The number of hydrogen-bond donors (Lipinski definition) is 1. The minimum Gasteiger partial charge on any atom is -0.494 e. The van der Waals surface area contributed by atoms with Crippen molar-refractivity contribution in [1.82, 2.24) is 0 Å². The normalized spacial score (nSPS) is 15.2. The van der Waals surface area contributed by atoms with E-state index in [0.29, 0.717) is 12.4 Å². The van der Waals surface area contributed by atoms with Gasteiger partial charge in [0.05, 0.1) is 13.2 Å². The van der Waals surface area contributed by atoms with E-state index in [1.807, 2.05) is 6.92 Å². The number of rotatable bonds is 8. The van der Waals surface area contributed by atoms with E-state index in [9.17, 15) is 18.7 Å². The molecule has 1 aromatic rings. The smallest absolute Gasteiger partial charge is 0.318 e. The summed E-state index contributed by atoms with van der Waals surface area (Å²) in [5.41, 5.74) is -1.83. The van der Waals surface area contributed by atoms with Crippen LogP contribution in [-0.4, -0.2) is 30.7 Å². The molecule has 4 nitrogen and oxygen atoms in total. The van der Waals surface area contributed by atoms with Crippen molar-refractivity contribution in [3.63, 3.8) is 0 Å². The lowest BCUT2D eigenvalue weighted by Gasteiger charge is -2.31. The molecule has 6 heteroatoms. The van der Waals surface area contributed by atoms with Crippen LogP contribution in [0.5, 0.6) is 5.75 Å². The Morgan fingerprint density at radius 1 is 1.27 bits per heavy atom. The van der Waals surface area contributed by atoms with Gasteiger partial charge in [0.25, 0.3) is 6.43 Å². The molecule has 1 aromatic carbocycles. The Bertz CT molecular complexity index is 472. The van der Waals surface area contributed by atoms with Crippen molar-refractivity contribution in [3.8, 4) is 5.75 Å². The predicted octanol–water partition coefficient (Wildman–Crippen LogP) is 3.13. The predicted molar refractivity (Wildman–Crippen MR) is 77.9 cm³/mol. The molecule has 0 amide bonds. The van der Waals surface area contributed by atoms with E-state index in [0.717, 1.165) is 6.42 Å². The molecule has 0 saturated heterocycles. The zero-order valence-electron chi connectivity index (χ0n) is 13.0. The van der Waals surface area contributed by atoms with Crippen LogP contribution in [0.2, 0.25) is 0 Å². The Hall–Kier alpha value is -1.69. The molecular weight excluding hydrogens is 294 g/mol. The van der Waals surface area contributed by atoms with E-state index < -0.39 is 23.9 Å². The topological polar surface area (TPSA) is 55.8 Å². The fourth-order valence-corrected chi connectivity index (χ4v) is 2.10. The number of alkyl halides is 2. The van der Waals surface area contributed by atoms with E-state index in [2.05, 4.69) is 4.74 Å². The van der Waals surface area contributed by atoms with Crippen LogP contribution in [0.4, 0.5) is 8.78 Å². The molecule has 0 radical (unpaired) electrons. The number of carbonyl (C=O) groups excluding carboxylic acids is 1. The Labute approximate surface area is 129 Å². The van der Waals surface area contributed by atoms with Crippen molar-refractivity contribution in [3.05, 3.63) is 29.8 Å². The maximum Gasteiger partial charge on any atom is 0.318 e. The second kappa shape index (κ2) is 8.08. The molecule has 0 saturated carbocycles.